The van der Waals surface area contributed by atoms with Crippen molar-refractivity contribution in [2.24, 2.45) is 0 Å². The Hall–Kier alpha value is -1.78. The lowest BCUT2D eigenvalue weighted by Gasteiger charge is -2.16. The minimum Gasteiger partial charge on any atom is -0.394 e. The maximum Gasteiger partial charge on any atom is 0.167 e. The number of nitrogens with zero attached hydrogens (tertiary/aromatic N) is 4. The van der Waals surface area contributed by atoms with E-state index in [0.29, 0.717) is 22.7 Å². The van der Waals surface area contributed by atoms with Crippen LogP contribution >= 0.6 is 11.6 Å². The van der Waals surface area contributed by atoms with Crippen LogP contribution < -0.4 is 5.32 Å². The van der Waals surface area contributed by atoms with E-state index >= 15 is 0 Å². The first-order valence-electron chi connectivity index (χ1n) is 7.34. The van der Waals surface area contributed by atoms with Gasteiger partial charge in [0.1, 0.15) is 24.6 Å². The quantitative estimate of drug-likeness (QED) is 0.552. The number of rotatable bonds is 5. The van der Waals surface area contributed by atoms with Crippen molar-refractivity contribution in [3.05, 3.63) is 24.9 Å². The number of imidazole rings is 1. The summed E-state index contributed by atoms with van der Waals surface area (Å²) in [6, 6.07) is 0. The molecule has 0 saturated carbocycles. The van der Waals surface area contributed by atoms with Gasteiger partial charge in [-0.15, -0.1) is 11.6 Å². The molecule has 1 unspecified atom stereocenters. The summed E-state index contributed by atoms with van der Waals surface area (Å²) in [5.41, 5.74) is 1.39. The van der Waals surface area contributed by atoms with E-state index in [1.54, 1.807) is 6.92 Å². The molecular weight excluding hydrogens is 338 g/mol. The number of aliphatic hydroxyl groups is 3. The van der Waals surface area contributed by atoms with Gasteiger partial charge in [0.15, 0.2) is 23.2 Å². The molecular formula is C14H18ClN5O4. The fourth-order valence-electron chi connectivity index (χ4n) is 2.49. The average Bonchev–Trinajstić information content (AvgIpc) is 3.10. The predicted octanol–water partition coefficient (Wildman–Crippen LogP) is -0.00930. The van der Waals surface area contributed by atoms with Crippen LogP contribution in [-0.2, 0) is 4.74 Å². The number of aliphatic hydroxyl groups excluding tert-OH is 3. The zero-order valence-electron chi connectivity index (χ0n) is 12.9. The van der Waals surface area contributed by atoms with E-state index in [1.165, 1.54) is 17.2 Å². The second kappa shape index (κ2) is 6.61. The molecule has 1 aliphatic rings. The highest BCUT2D eigenvalue weighted by atomic mass is 35.5. The van der Waals surface area contributed by atoms with Crippen LogP contribution in [-0.4, -0.2) is 65.1 Å². The largest absolute Gasteiger partial charge is 0.394 e. The number of nitrogens with one attached hydrogen (secondary N) is 1. The third kappa shape index (κ3) is 2.85. The first kappa shape index (κ1) is 17.1. The Morgan fingerprint density at radius 3 is 2.79 bits per heavy atom. The molecule has 0 amide bonds. The molecule has 5 atom stereocenters. The van der Waals surface area contributed by atoms with Crippen LogP contribution in [0, 0.1) is 0 Å². The van der Waals surface area contributed by atoms with Crippen LogP contribution in [0.1, 0.15) is 13.2 Å². The third-order valence-corrected chi connectivity index (χ3v) is 4.17. The van der Waals surface area contributed by atoms with Crippen LogP contribution in [0.4, 0.5) is 5.82 Å². The number of anilines is 1. The van der Waals surface area contributed by atoms with Gasteiger partial charge in [-0.2, -0.15) is 0 Å². The summed E-state index contributed by atoms with van der Waals surface area (Å²) < 4.78 is 6.99. The molecule has 4 N–H and O–H groups in total. The molecule has 3 rings (SSSR count). The van der Waals surface area contributed by atoms with Gasteiger partial charge in [-0.3, -0.25) is 4.57 Å². The monoisotopic (exact) mass is 355 g/mol. The first-order chi connectivity index (χ1) is 11.4. The Morgan fingerprint density at radius 2 is 2.17 bits per heavy atom. The van der Waals surface area contributed by atoms with E-state index in [0.717, 1.165) is 0 Å². The van der Waals surface area contributed by atoms with E-state index in [1.807, 2.05) is 0 Å². The smallest absolute Gasteiger partial charge is 0.167 e. The Kier molecular flexibility index (Phi) is 4.70. The third-order valence-electron chi connectivity index (χ3n) is 3.91. The molecule has 1 fully saturated rings. The highest BCUT2D eigenvalue weighted by Gasteiger charge is 2.44. The molecule has 2 aromatic rings. The zero-order valence-corrected chi connectivity index (χ0v) is 13.6. The Morgan fingerprint density at radius 1 is 1.42 bits per heavy atom. The highest BCUT2D eigenvalue weighted by Crippen LogP contribution is 2.32. The molecule has 1 aliphatic heterocycles. The molecule has 0 aliphatic carbocycles. The lowest BCUT2D eigenvalue weighted by atomic mass is 10.1. The van der Waals surface area contributed by atoms with Gasteiger partial charge < -0.3 is 25.4 Å². The summed E-state index contributed by atoms with van der Waals surface area (Å²) in [7, 11) is 0. The highest BCUT2D eigenvalue weighted by molar-refractivity contribution is 6.22. The average molecular weight is 356 g/mol. The minimum atomic E-state index is -1.22. The summed E-state index contributed by atoms with van der Waals surface area (Å²) >= 11 is 5.97. The van der Waals surface area contributed by atoms with Crippen LogP contribution in [0.2, 0.25) is 0 Å². The van der Waals surface area contributed by atoms with Gasteiger partial charge in [0.05, 0.1) is 18.3 Å². The van der Waals surface area contributed by atoms with Gasteiger partial charge in [-0.05, 0) is 6.92 Å². The van der Waals surface area contributed by atoms with Crippen molar-refractivity contribution in [2.45, 2.75) is 36.8 Å². The number of halogens is 1. The molecule has 0 spiro atoms. The van der Waals surface area contributed by atoms with Gasteiger partial charge in [0.25, 0.3) is 0 Å². The SMILES string of the molecule is C=C(Nc1ncnc2c1ncn2[C@@H]1O[C@H](CO)[C@@H](O)[C@H]1O)C(C)Cl. The summed E-state index contributed by atoms with van der Waals surface area (Å²) in [4.78, 5) is 12.5. The molecule has 3 heterocycles. The summed E-state index contributed by atoms with van der Waals surface area (Å²) in [6.45, 7) is 5.18. The van der Waals surface area contributed by atoms with Crippen molar-refractivity contribution in [3.63, 3.8) is 0 Å². The van der Waals surface area contributed by atoms with Crippen molar-refractivity contribution in [1.82, 2.24) is 19.5 Å². The van der Waals surface area contributed by atoms with Gasteiger partial charge in [-0.1, -0.05) is 6.58 Å². The van der Waals surface area contributed by atoms with Crippen molar-refractivity contribution in [3.8, 4) is 0 Å². The van der Waals surface area contributed by atoms with Crippen molar-refractivity contribution >= 4 is 28.6 Å². The Labute approximate surface area is 142 Å². The Balaban J connectivity index is 1.96. The number of alkyl halides is 1. The number of fused-ring (bicyclic) bond motifs is 1. The van der Waals surface area contributed by atoms with E-state index in [9.17, 15) is 15.3 Å². The predicted molar refractivity (Wildman–Crippen MR) is 86.4 cm³/mol. The van der Waals surface area contributed by atoms with E-state index in [2.05, 4.69) is 26.8 Å². The van der Waals surface area contributed by atoms with Crippen molar-refractivity contribution < 1.29 is 20.1 Å². The molecule has 1 saturated heterocycles. The standard InChI is InChI=1S/C14H18ClN5O4/c1-6(15)7(2)19-12-9-13(17-4-16-12)20(5-18-9)14-11(23)10(22)8(3-21)24-14/h4-6,8,10-11,14,21-23H,2-3H2,1H3,(H,16,17,19)/t6?,8-,10-,11-,14-/m1/s1. The molecule has 0 radical (unpaired) electrons. The molecule has 24 heavy (non-hydrogen) atoms. The lowest BCUT2D eigenvalue weighted by Crippen LogP contribution is -2.33. The number of allylic oxidation sites excluding steroid dienone is 1. The second-order valence-corrected chi connectivity index (χ2v) is 6.20. The minimum absolute atomic E-state index is 0.308. The molecule has 9 nitrogen and oxygen atoms in total. The van der Waals surface area contributed by atoms with Gasteiger partial charge in [0.2, 0.25) is 0 Å². The second-order valence-electron chi connectivity index (χ2n) is 5.54. The maximum absolute atomic E-state index is 10.2. The summed E-state index contributed by atoms with van der Waals surface area (Å²) in [5, 5.41) is 31.9. The normalized spacial score (nSPS) is 28.2. The molecule has 10 heteroatoms. The van der Waals surface area contributed by atoms with Gasteiger partial charge in [0, 0.05) is 5.70 Å². The molecule has 130 valence electrons. The zero-order chi connectivity index (χ0) is 17.4. The summed E-state index contributed by atoms with van der Waals surface area (Å²) in [6.07, 6.45) is -1.45. The van der Waals surface area contributed by atoms with Crippen LogP contribution in [0.5, 0.6) is 0 Å². The number of ether oxygens (including phenoxy) is 1. The Bertz CT molecular complexity index is 752. The van der Waals surface area contributed by atoms with Gasteiger partial charge >= 0.3 is 0 Å². The van der Waals surface area contributed by atoms with E-state index in [4.69, 9.17) is 16.3 Å². The van der Waals surface area contributed by atoms with Gasteiger partial charge in [-0.25, -0.2) is 15.0 Å². The topological polar surface area (TPSA) is 126 Å². The van der Waals surface area contributed by atoms with E-state index < -0.39 is 31.1 Å². The number of aromatic nitrogens is 4. The van der Waals surface area contributed by atoms with Crippen LogP contribution in [0.15, 0.2) is 24.9 Å². The fraction of sp³-hybridized carbons (Fsp3) is 0.500. The number of hydrogen-bond donors (Lipinski definition) is 4. The van der Waals surface area contributed by atoms with Crippen LogP contribution in [0.25, 0.3) is 11.2 Å². The lowest BCUT2D eigenvalue weighted by molar-refractivity contribution is -0.0511. The van der Waals surface area contributed by atoms with Crippen LogP contribution in [0.3, 0.4) is 0 Å². The van der Waals surface area contributed by atoms with Crippen molar-refractivity contribution in [2.75, 3.05) is 11.9 Å². The fourth-order valence-corrected chi connectivity index (χ4v) is 2.55. The van der Waals surface area contributed by atoms with E-state index in [-0.39, 0.29) is 5.38 Å². The first-order valence-corrected chi connectivity index (χ1v) is 7.77. The van der Waals surface area contributed by atoms with Crippen molar-refractivity contribution in [1.29, 1.82) is 0 Å². The number of hydrogen-bond acceptors (Lipinski definition) is 8. The molecule has 2 aromatic heterocycles. The molecule has 0 bridgehead atoms. The summed E-state index contributed by atoms with van der Waals surface area (Å²) in [5.74, 6) is 0.419. The molecule has 0 aromatic carbocycles. The maximum atomic E-state index is 10.2.